The van der Waals surface area contributed by atoms with Gasteiger partial charge in [-0.05, 0) is 13.3 Å². The van der Waals surface area contributed by atoms with Gasteiger partial charge in [-0.1, -0.05) is 13.3 Å². The lowest BCUT2D eigenvalue weighted by Crippen LogP contribution is -2.47. The van der Waals surface area contributed by atoms with Gasteiger partial charge in [0.25, 0.3) is 0 Å². The highest BCUT2D eigenvalue weighted by atomic mass is 16.5. The maximum Gasteiger partial charge on any atom is 0.155 e. The monoisotopic (exact) mass is 149 g/mol. The number of aliphatic hydroxyl groups excluding tert-OH is 1. The Morgan fingerprint density at radius 1 is 1.60 bits per heavy atom. The molecule has 0 aromatic heterocycles. The molecule has 0 aromatic rings. The lowest BCUT2D eigenvalue weighted by Gasteiger charge is -2.27. The van der Waals surface area contributed by atoms with E-state index in [1.807, 2.05) is 6.92 Å². The van der Waals surface area contributed by atoms with Crippen LogP contribution in [0.2, 0.25) is 0 Å². The summed E-state index contributed by atoms with van der Waals surface area (Å²) in [6.07, 6.45) is -0.0690. The van der Waals surface area contributed by atoms with Crippen LogP contribution in [0.4, 0.5) is 0 Å². The van der Waals surface area contributed by atoms with Crippen molar-refractivity contribution in [1.29, 1.82) is 0 Å². The van der Waals surface area contributed by atoms with Crippen LogP contribution >= 0.6 is 0 Å². The van der Waals surface area contributed by atoms with Gasteiger partial charge in [-0.25, -0.2) is 0 Å². The molecular formula is C6H15NO3. The third-order valence-electron chi connectivity index (χ3n) is 1.47. The molecule has 0 aliphatic carbocycles. The molecule has 0 heterocycles. The molecule has 62 valence electrons. The van der Waals surface area contributed by atoms with Crippen LogP contribution in [-0.4, -0.2) is 27.2 Å². The van der Waals surface area contributed by atoms with Crippen LogP contribution in [0.1, 0.15) is 26.7 Å². The van der Waals surface area contributed by atoms with Gasteiger partial charge in [0, 0.05) is 0 Å². The zero-order valence-electron chi connectivity index (χ0n) is 6.33. The lowest BCUT2D eigenvalue weighted by molar-refractivity contribution is -0.131. The van der Waals surface area contributed by atoms with Crippen LogP contribution in [0.15, 0.2) is 0 Å². The predicted octanol–water partition coefficient (Wildman–Crippen LogP) is -0.165. The first kappa shape index (κ1) is 9.84. The number of hydrogen-bond donors (Lipinski definition) is 4. The lowest BCUT2D eigenvalue weighted by atomic mass is 9.99. The molecule has 0 bridgehead atoms. The van der Waals surface area contributed by atoms with Crippen molar-refractivity contribution in [3.63, 3.8) is 0 Å². The number of hydroxylamine groups is 1. The molecule has 0 saturated heterocycles. The minimum Gasteiger partial charge on any atom is -0.386 e. The van der Waals surface area contributed by atoms with E-state index in [1.165, 1.54) is 6.92 Å². The Morgan fingerprint density at radius 3 is 2.40 bits per heavy atom. The normalized spacial score (nSPS) is 20.1. The summed E-state index contributed by atoms with van der Waals surface area (Å²) in [4.78, 5) is 0. The minimum absolute atomic E-state index is 0.446. The largest absolute Gasteiger partial charge is 0.386 e. The molecule has 0 amide bonds. The minimum atomic E-state index is -1.27. The Morgan fingerprint density at radius 2 is 2.10 bits per heavy atom. The highest BCUT2D eigenvalue weighted by Crippen LogP contribution is 2.14. The number of hydrogen-bond acceptors (Lipinski definition) is 4. The Labute approximate surface area is 60.5 Å². The molecule has 4 nitrogen and oxygen atoms in total. The molecule has 0 aliphatic rings. The highest BCUT2D eigenvalue weighted by molar-refractivity contribution is 4.76. The van der Waals surface area contributed by atoms with Crippen LogP contribution in [0.5, 0.6) is 0 Å². The summed E-state index contributed by atoms with van der Waals surface area (Å²) < 4.78 is 0. The van der Waals surface area contributed by atoms with Crippen LogP contribution < -0.4 is 5.48 Å². The second-order valence-corrected chi connectivity index (χ2v) is 2.64. The topological polar surface area (TPSA) is 72.7 Å². The van der Waals surface area contributed by atoms with Gasteiger partial charge in [-0.3, -0.25) is 0 Å². The maximum atomic E-state index is 9.31. The number of rotatable bonds is 4. The molecule has 0 aliphatic heterocycles. The van der Waals surface area contributed by atoms with Gasteiger partial charge < -0.3 is 15.4 Å². The van der Waals surface area contributed by atoms with Gasteiger partial charge in [0.1, 0.15) is 5.60 Å². The SMILES string of the molecule is CCCC(C)(O)C(O)NO. The van der Waals surface area contributed by atoms with Crippen molar-refractivity contribution in [2.45, 2.75) is 38.5 Å². The molecule has 10 heavy (non-hydrogen) atoms. The maximum absolute atomic E-state index is 9.31. The molecule has 0 aromatic carbocycles. The quantitative estimate of drug-likeness (QED) is 0.331. The molecule has 0 saturated carbocycles. The summed E-state index contributed by atoms with van der Waals surface area (Å²) >= 11 is 0. The van der Waals surface area contributed by atoms with E-state index in [2.05, 4.69) is 0 Å². The Hall–Kier alpha value is -0.160. The Balaban J connectivity index is 3.82. The summed E-state index contributed by atoms with van der Waals surface area (Å²) in [7, 11) is 0. The third kappa shape index (κ3) is 2.62. The average molecular weight is 149 g/mol. The van der Waals surface area contributed by atoms with E-state index in [4.69, 9.17) is 10.3 Å². The smallest absolute Gasteiger partial charge is 0.155 e. The second kappa shape index (κ2) is 3.88. The van der Waals surface area contributed by atoms with Crippen molar-refractivity contribution in [3.8, 4) is 0 Å². The van der Waals surface area contributed by atoms with Crippen LogP contribution in [0, 0.1) is 0 Å². The van der Waals surface area contributed by atoms with Gasteiger partial charge in [0.15, 0.2) is 6.23 Å². The Kier molecular flexibility index (Phi) is 3.81. The van der Waals surface area contributed by atoms with E-state index in [1.54, 1.807) is 5.48 Å². The van der Waals surface area contributed by atoms with Crippen molar-refractivity contribution in [2.75, 3.05) is 0 Å². The molecule has 0 spiro atoms. The predicted molar refractivity (Wildman–Crippen MR) is 36.5 cm³/mol. The fraction of sp³-hybridized carbons (Fsp3) is 1.00. The van der Waals surface area contributed by atoms with E-state index < -0.39 is 11.8 Å². The summed E-state index contributed by atoms with van der Waals surface area (Å²) in [5.41, 5.74) is 0.349. The van der Waals surface area contributed by atoms with Crippen molar-refractivity contribution >= 4 is 0 Å². The second-order valence-electron chi connectivity index (χ2n) is 2.64. The fourth-order valence-electron chi connectivity index (χ4n) is 0.782. The first-order valence-corrected chi connectivity index (χ1v) is 3.34. The first-order chi connectivity index (χ1) is 4.54. The molecule has 0 rings (SSSR count). The van der Waals surface area contributed by atoms with Gasteiger partial charge >= 0.3 is 0 Å². The summed E-state index contributed by atoms with van der Waals surface area (Å²) in [5.74, 6) is 0. The van der Waals surface area contributed by atoms with Crippen molar-refractivity contribution in [2.24, 2.45) is 0 Å². The fourth-order valence-corrected chi connectivity index (χ4v) is 0.782. The van der Waals surface area contributed by atoms with Crippen molar-refractivity contribution in [1.82, 2.24) is 5.48 Å². The summed E-state index contributed by atoms with van der Waals surface area (Å²) in [5, 5.41) is 26.5. The number of nitrogens with one attached hydrogen (secondary N) is 1. The summed E-state index contributed by atoms with van der Waals surface area (Å²) in [6, 6.07) is 0. The van der Waals surface area contributed by atoms with Crippen LogP contribution in [0.3, 0.4) is 0 Å². The summed E-state index contributed by atoms with van der Waals surface area (Å²) in [6.45, 7) is 3.35. The first-order valence-electron chi connectivity index (χ1n) is 3.34. The molecular weight excluding hydrogens is 134 g/mol. The zero-order valence-corrected chi connectivity index (χ0v) is 6.33. The average Bonchev–Trinajstić information content (AvgIpc) is 1.86. The molecule has 0 fully saturated rings. The molecule has 2 atom stereocenters. The standard InChI is InChI=1S/C6H15NO3/c1-3-4-6(2,9)5(8)7-10/h5,7-10H,3-4H2,1-2H3. The highest BCUT2D eigenvalue weighted by Gasteiger charge is 2.28. The Bertz CT molecular complexity index is 95.0. The van der Waals surface area contributed by atoms with E-state index in [0.717, 1.165) is 6.42 Å². The van der Waals surface area contributed by atoms with Crippen LogP contribution in [-0.2, 0) is 0 Å². The van der Waals surface area contributed by atoms with Gasteiger partial charge in [0.2, 0.25) is 0 Å². The molecule has 2 unspecified atom stereocenters. The third-order valence-corrected chi connectivity index (χ3v) is 1.47. The molecule has 4 N–H and O–H groups in total. The zero-order chi connectivity index (χ0) is 8.20. The van der Waals surface area contributed by atoms with Gasteiger partial charge in [-0.2, -0.15) is 5.48 Å². The van der Waals surface area contributed by atoms with E-state index >= 15 is 0 Å². The molecule has 0 radical (unpaired) electrons. The van der Waals surface area contributed by atoms with Gasteiger partial charge in [-0.15, -0.1) is 0 Å². The van der Waals surface area contributed by atoms with Crippen molar-refractivity contribution < 1.29 is 15.4 Å². The number of aliphatic hydroxyl groups is 2. The van der Waals surface area contributed by atoms with Crippen LogP contribution in [0.25, 0.3) is 0 Å². The molecule has 4 heteroatoms. The van der Waals surface area contributed by atoms with E-state index in [0.29, 0.717) is 6.42 Å². The van der Waals surface area contributed by atoms with E-state index in [-0.39, 0.29) is 0 Å². The van der Waals surface area contributed by atoms with Crippen molar-refractivity contribution in [3.05, 3.63) is 0 Å². The van der Waals surface area contributed by atoms with E-state index in [9.17, 15) is 5.11 Å². The van der Waals surface area contributed by atoms with Gasteiger partial charge in [0.05, 0.1) is 0 Å².